The number of carbonyl (C=O) groups excluding carboxylic acids is 2. The van der Waals surface area contributed by atoms with E-state index in [1.807, 2.05) is 0 Å². The maximum absolute atomic E-state index is 13.3. The Labute approximate surface area is 145 Å². The molecule has 0 spiro atoms. The first-order chi connectivity index (χ1) is 11.0. The van der Waals surface area contributed by atoms with Crippen molar-refractivity contribution in [3.05, 3.63) is 29.8 Å². The summed E-state index contributed by atoms with van der Waals surface area (Å²) < 4.78 is 26.7. The predicted molar refractivity (Wildman–Crippen MR) is 87.8 cm³/mol. The molecule has 2 aliphatic rings. The van der Waals surface area contributed by atoms with E-state index in [2.05, 4.69) is 0 Å². The number of halogens is 3. The van der Waals surface area contributed by atoms with Crippen LogP contribution in [0.1, 0.15) is 12.8 Å². The number of nitrogens with two attached hydrogens (primary N) is 1. The monoisotopic (exact) mass is 359 g/mol. The van der Waals surface area contributed by atoms with Crippen molar-refractivity contribution in [2.75, 3.05) is 31.1 Å². The molecule has 0 bridgehead atoms. The molecule has 0 aromatic heterocycles. The van der Waals surface area contributed by atoms with Crippen LogP contribution >= 0.6 is 12.4 Å². The summed E-state index contributed by atoms with van der Waals surface area (Å²) in [5.41, 5.74) is 5.78. The first-order valence-corrected chi connectivity index (χ1v) is 7.76. The first-order valence-electron chi connectivity index (χ1n) is 7.76. The van der Waals surface area contributed by atoms with Gasteiger partial charge in [-0.3, -0.25) is 9.59 Å². The standard InChI is InChI=1S/C16H19F2N3O2.ClH/c17-11-5-12(18)7-13(6-11)21-4-2-14(16(21)23)15(22)20-3-1-10(8-19)9-20;/h5-7,10,14H,1-4,8-9,19H2;1H. The van der Waals surface area contributed by atoms with Crippen LogP contribution in [0.5, 0.6) is 0 Å². The van der Waals surface area contributed by atoms with Gasteiger partial charge in [0.25, 0.3) is 0 Å². The van der Waals surface area contributed by atoms with Gasteiger partial charge in [-0.2, -0.15) is 0 Å². The first kappa shape index (κ1) is 18.6. The molecule has 0 saturated carbocycles. The van der Waals surface area contributed by atoms with Crippen molar-refractivity contribution in [3.63, 3.8) is 0 Å². The van der Waals surface area contributed by atoms with Crippen molar-refractivity contribution in [2.45, 2.75) is 12.8 Å². The fraction of sp³-hybridized carbons (Fsp3) is 0.500. The molecule has 2 unspecified atom stereocenters. The van der Waals surface area contributed by atoms with Crippen LogP contribution in [0, 0.1) is 23.5 Å². The number of hydrogen-bond acceptors (Lipinski definition) is 3. The molecule has 3 rings (SSSR count). The van der Waals surface area contributed by atoms with Crippen molar-refractivity contribution in [1.82, 2.24) is 4.90 Å². The van der Waals surface area contributed by atoms with Gasteiger partial charge in [-0.25, -0.2) is 8.78 Å². The lowest BCUT2D eigenvalue weighted by atomic mass is 10.1. The summed E-state index contributed by atoms with van der Waals surface area (Å²) in [5.74, 6) is -2.57. The Kier molecular flexibility index (Phi) is 5.77. The minimum absolute atomic E-state index is 0. The summed E-state index contributed by atoms with van der Waals surface area (Å²) in [4.78, 5) is 28.0. The van der Waals surface area contributed by atoms with Crippen LogP contribution in [0.3, 0.4) is 0 Å². The fourth-order valence-corrected chi connectivity index (χ4v) is 3.31. The van der Waals surface area contributed by atoms with Crippen LogP contribution in [0.15, 0.2) is 18.2 Å². The van der Waals surface area contributed by atoms with Crippen molar-refractivity contribution < 1.29 is 18.4 Å². The van der Waals surface area contributed by atoms with Crippen molar-refractivity contribution in [3.8, 4) is 0 Å². The molecule has 1 aromatic rings. The minimum atomic E-state index is -0.766. The van der Waals surface area contributed by atoms with Gasteiger partial charge in [0.05, 0.1) is 0 Å². The van der Waals surface area contributed by atoms with Crippen molar-refractivity contribution in [1.29, 1.82) is 0 Å². The third-order valence-corrected chi connectivity index (χ3v) is 4.59. The van der Waals surface area contributed by atoms with Crippen molar-refractivity contribution in [2.24, 2.45) is 17.6 Å². The molecule has 2 atom stereocenters. The van der Waals surface area contributed by atoms with E-state index in [-0.39, 0.29) is 36.5 Å². The Morgan fingerprint density at radius 2 is 1.83 bits per heavy atom. The highest BCUT2D eigenvalue weighted by Crippen LogP contribution is 2.29. The average Bonchev–Trinajstić information content (AvgIpc) is 3.12. The molecule has 2 aliphatic heterocycles. The number of nitrogens with zero attached hydrogens (tertiary/aromatic N) is 2. The largest absolute Gasteiger partial charge is 0.342 e. The normalized spacial score (nSPS) is 23.5. The van der Waals surface area contributed by atoms with Crippen LogP contribution in [-0.2, 0) is 9.59 Å². The third-order valence-electron chi connectivity index (χ3n) is 4.59. The van der Waals surface area contributed by atoms with E-state index in [1.165, 1.54) is 4.90 Å². The lowest BCUT2D eigenvalue weighted by molar-refractivity contribution is -0.139. The summed E-state index contributed by atoms with van der Waals surface area (Å²) in [5, 5.41) is 0. The third kappa shape index (κ3) is 3.52. The average molecular weight is 360 g/mol. The second-order valence-electron chi connectivity index (χ2n) is 6.13. The van der Waals surface area contributed by atoms with Crippen molar-refractivity contribution >= 4 is 29.9 Å². The van der Waals surface area contributed by atoms with E-state index in [1.54, 1.807) is 4.90 Å². The van der Waals surface area contributed by atoms with Gasteiger partial charge >= 0.3 is 0 Å². The Balaban J connectivity index is 0.00000208. The van der Waals surface area contributed by atoms with E-state index in [0.717, 1.165) is 24.6 Å². The SMILES string of the molecule is Cl.NCC1CCN(C(=O)C2CCN(c3cc(F)cc(F)c3)C2=O)C1. The van der Waals surface area contributed by atoms with Crippen LogP contribution in [0.2, 0.25) is 0 Å². The molecule has 2 heterocycles. The number of benzene rings is 1. The molecule has 5 nitrogen and oxygen atoms in total. The maximum atomic E-state index is 13.3. The molecular formula is C16H20ClF2N3O2. The zero-order chi connectivity index (χ0) is 16.6. The van der Waals surface area contributed by atoms with E-state index in [4.69, 9.17) is 5.73 Å². The van der Waals surface area contributed by atoms with E-state index in [0.29, 0.717) is 26.1 Å². The molecule has 2 saturated heterocycles. The van der Waals surface area contributed by atoms with Gasteiger partial charge in [0.1, 0.15) is 17.6 Å². The highest BCUT2D eigenvalue weighted by atomic mass is 35.5. The van der Waals surface area contributed by atoms with Gasteiger partial charge in [-0.1, -0.05) is 0 Å². The highest BCUT2D eigenvalue weighted by Gasteiger charge is 2.41. The van der Waals surface area contributed by atoms with Gasteiger partial charge in [-0.15, -0.1) is 12.4 Å². The van der Waals surface area contributed by atoms with Gasteiger partial charge in [0.15, 0.2) is 0 Å². The number of anilines is 1. The molecule has 2 N–H and O–H groups in total. The topological polar surface area (TPSA) is 66.6 Å². The Morgan fingerprint density at radius 3 is 2.42 bits per heavy atom. The molecule has 0 aliphatic carbocycles. The molecular weight excluding hydrogens is 340 g/mol. The lowest BCUT2D eigenvalue weighted by Crippen LogP contribution is -2.39. The number of hydrogen-bond donors (Lipinski definition) is 1. The summed E-state index contributed by atoms with van der Waals surface area (Å²) in [7, 11) is 0. The van der Waals surface area contributed by atoms with Gasteiger partial charge in [-0.05, 0) is 37.4 Å². The summed E-state index contributed by atoms with van der Waals surface area (Å²) in [6, 6.07) is 2.96. The van der Waals surface area contributed by atoms with E-state index < -0.39 is 23.5 Å². The molecule has 2 fully saturated rings. The highest BCUT2D eigenvalue weighted by molar-refractivity contribution is 6.09. The zero-order valence-electron chi connectivity index (χ0n) is 13.1. The predicted octanol–water partition coefficient (Wildman–Crippen LogP) is 1.55. The Hall–Kier alpha value is -1.73. The van der Waals surface area contributed by atoms with Gasteiger partial charge in [0, 0.05) is 31.4 Å². The molecule has 1 aromatic carbocycles. The summed E-state index contributed by atoms with van der Waals surface area (Å²) in [6.07, 6.45) is 1.21. The second-order valence-corrected chi connectivity index (χ2v) is 6.13. The molecule has 8 heteroatoms. The molecule has 2 amide bonds. The smallest absolute Gasteiger partial charge is 0.239 e. The molecule has 0 radical (unpaired) electrons. The summed E-state index contributed by atoms with van der Waals surface area (Å²) in [6.45, 7) is 2.00. The van der Waals surface area contributed by atoms with E-state index >= 15 is 0 Å². The van der Waals surface area contributed by atoms with Crippen LogP contribution in [-0.4, -0.2) is 42.9 Å². The van der Waals surface area contributed by atoms with E-state index in [9.17, 15) is 18.4 Å². The number of amides is 2. The zero-order valence-corrected chi connectivity index (χ0v) is 13.9. The Bertz CT molecular complexity index is 623. The Morgan fingerprint density at radius 1 is 1.17 bits per heavy atom. The molecule has 132 valence electrons. The molecule has 24 heavy (non-hydrogen) atoms. The van der Waals surface area contributed by atoms with Crippen LogP contribution in [0.4, 0.5) is 14.5 Å². The second kappa shape index (κ2) is 7.44. The lowest BCUT2D eigenvalue weighted by Gasteiger charge is -2.21. The van der Waals surface area contributed by atoms with Crippen LogP contribution in [0.25, 0.3) is 0 Å². The van der Waals surface area contributed by atoms with Gasteiger partial charge < -0.3 is 15.5 Å². The van der Waals surface area contributed by atoms with Gasteiger partial charge in [0.2, 0.25) is 11.8 Å². The minimum Gasteiger partial charge on any atom is -0.342 e. The van der Waals surface area contributed by atoms with Crippen LogP contribution < -0.4 is 10.6 Å². The number of rotatable bonds is 3. The maximum Gasteiger partial charge on any atom is 0.239 e. The fourth-order valence-electron chi connectivity index (χ4n) is 3.31. The number of carbonyl (C=O) groups is 2. The quantitative estimate of drug-likeness (QED) is 0.833. The summed E-state index contributed by atoms with van der Waals surface area (Å²) >= 11 is 0. The number of likely N-dealkylation sites (tertiary alicyclic amines) is 1.